The molecule has 0 spiro atoms. The second-order valence-corrected chi connectivity index (χ2v) is 6.55. The van der Waals surface area contributed by atoms with Crippen molar-refractivity contribution in [2.45, 2.75) is 25.4 Å². The highest BCUT2D eigenvalue weighted by Gasteiger charge is 2.25. The molecule has 0 aromatic heterocycles. The first kappa shape index (κ1) is 22.7. The number of halogens is 3. The normalized spacial score (nSPS) is 12.3. The number of amides is 1. The summed E-state index contributed by atoms with van der Waals surface area (Å²) >= 11 is 3.42. The minimum Gasteiger partial charge on any atom is -0.381 e. The van der Waals surface area contributed by atoms with Gasteiger partial charge in [0.05, 0.1) is 5.54 Å². The quantitative estimate of drug-likeness (QED) is 0.648. The summed E-state index contributed by atoms with van der Waals surface area (Å²) in [6.07, 6.45) is 0.426. The Balaban J connectivity index is 0.00000264. The maximum atomic E-state index is 11.3. The average Bonchev–Trinajstić information content (AvgIpc) is 2.48. The summed E-state index contributed by atoms with van der Waals surface area (Å²) in [5.74, 6) is -0.495. The number of anilines is 1. The highest BCUT2D eigenvalue weighted by molar-refractivity contribution is 9.10. The molecule has 0 aliphatic heterocycles. The van der Waals surface area contributed by atoms with Crippen LogP contribution in [-0.4, -0.2) is 11.4 Å². The predicted molar refractivity (Wildman–Crippen MR) is 108 cm³/mol. The van der Waals surface area contributed by atoms with Crippen molar-refractivity contribution in [3.63, 3.8) is 0 Å². The van der Waals surface area contributed by atoms with E-state index in [9.17, 15) is 4.79 Å². The van der Waals surface area contributed by atoms with E-state index >= 15 is 0 Å². The van der Waals surface area contributed by atoms with Crippen LogP contribution in [0.5, 0.6) is 0 Å². The van der Waals surface area contributed by atoms with Crippen LogP contribution in [0.4, 0.5) is 5.69 Å². The van der Waals surface area contributed by atoms with E-state index in [-0.39, 0.29) is 24.8 Å². The van der Waals surface area contributed by atoms with Crippen LogP contribution in [0.1, 0.15) is 18.1 Å². The number of hydrogen-bond donors (Lipinski definition) is 3. The summed E-state index contributed by atoms with van der Waals surface area (Å²) in [6, 6.07) is 16.0. The van der Waals surface area contributed by atoms with Crippen LogP contribution in [0.2, 0.25) is 0 Å². The molecule has 0 saturated carbocycles. The molecule has 5 N–H and O–H groups in total. The monoisotopic (exact) mass is 433 g/mol. The van der Waals surface area contributed by atoms with Crippen LogP contribution in [0.15, 0.2) is 53.0 Å². The first-order valence-corrected chi connectivity index (χ1v) is 7.82. The van der Waals surface area contributed by atoms with E-state index in [1.807, 2.05) is 36.4 Å². The maximum absolute atomic E-state index is 11.3. The molecule has 0 fully saturated rings. The van der Waals surface area contributed by atoms with Crippen molar-refractivity contribution in [1.29, 1.82) is 0 Å². The lowest BCUT2D eigenvalue weighted by molar-refractivity contribution is -0.122. The van der Waals surface area contributed by atoms with Crippen LogP contribution in [0.25, 0.3) is 0 Å². The van der Waals surface area contributed by atoms with Gasteiger partial charge in [-0.3, -0.25) is 4.79 Å². The zero-order chi connectivity index (χ0) is 16.2. The van der Waals surface area contributed by atoms with Gasteiger partial charge in [0.2, 0.25) is 5.91 Å². The average molecular weight is 435 g/mol. The van der Waals surface area contributed by atoms with Crippen LogP contribution in [0, 0.1) is 0 Å². The van der Waals surface area contributed by atoms with Gasteiger partial charge in [0.1, 0.15) is 0 Å². The lowest BCUT2D eigenvalue weighted by Crippen LogP contribution is -2.51. The first-order chi connectivity index (χ1) is 10.4. The highest BCUT2D eigenvalue weighted by Crippen LogP contribution is 2.16. The predicted octanol–water partition coefficient (Wildman–Crippen LogP) is 3.65. The second kappa shape index (κ2) is 9.89. The fraction of sp³-hybridized carbons (Fsp3) is 0.235. The van der Waals surface area contributed by atoms with E-state index in [0.29, 0.717) is 6.42 Å². The number of nitrogens with two attached hydrogens (primary N) is 2. The van der Waals surface area contributed by atoms with E-state index in [1.165, 1.54) is 5.56 Å². The van der Waals surface area contributed by atoms with E-state index in [1.54, 1.807) is 6.92 Å². The Morgan fingerprint density at radius 2 is 1.54 bits per heavy atom. The number of carbonyl (C=O) groups excluding carboxylic acids is 1. The van der Waals surface area contributed by atoms with Crippen LogP contribution in [0.3, 0.4) is 0 Å². The topological polar surface area (TPSA) is 81.1 Å². The molecule has 132 valence electrons. The number of nitrogens with one attached hydrogen (secondary N) is 1. The Morgan fingerprint density at radius 3 is 2.04 bits per heavy atom. The number of hydrogen-bond acceptors (Lipinski definition) is 3. The number of primary amides is 1. The molecular formula is C17H22BrCl2N3O. The van der Waals surface area contributed by atoms with Gasteiger partial charge >= 0.3 is 0 Å². The summed E-state index contributed by atoms with van der Waals surface area (Å²) in [5.41, 5.74) is 13.4. The Morgan fingerprint density at radius 1 is 1.04 bits per heavy atom. The number of carbonyl (C=O) groups is 1. The van der Waals surface area contributed by atoms with E-state index in [4.69, 9.17) is 11.5 Å². The highest BCUT2D eigenvalue weighted by atomic mass is 79.9. The Hall–Kier alpha value is -1.27. The van der Waals surface area contributed by atoms with E-state index in [2.05, 4.69) is 33.4 Å². The standard InChI is InChI=1S/C17H20BrN3O.2ClH/c1-17(20,16(19)22)10-12-4-8-15(9-5-12)21-11-13-2-6-14(18)7-3-13;;/h2-9,21H,10-11,20H2,1H3,(H2,19,22);2*1H. The van der Waals surface area contributed by atoms with Crippen molar-refractivity contribution in [2.24, 2.45) is 11.5 Å². The molecule has 2 aromatic carbocycles. The van der Waals surface area contributed by atoms with Crippen LogP contribution in [-0.2, 0) is 17.8 Å². The molecule has 1 atom stereocenters. The molecule has 0 aliphatic rings. The Bertz CT molecular complexity index is 646. The second-order valence-electron chi connectivity index (χ2n) is 5.64. The number of rotatable bonds is 6. The summed E-state index contributed by atoms with van der Waals surface area (Å²) in [6.45, 7) is 2.40. The Labute approximate surface area is 163 Å². The van der Waals surface area contributed by atoms with Gasteiger partial charge in [-0.15, -0.1) is 24.8 Å². The van der Waals surface area contributed by atoms with Crippen molar-refractivity contribution in [2.75, 3.05) is 5.32 Å². The lowest BCUT2D eigenvalue weighted by Gasteiger charge is -2.20. The first-order valence-electron chi connectivity index (χ1n) is 7.03. The minimum absolute atomic E-state index is 0. The fourth-order valence-electron chi connectivity index (χ4n) is 2.06. The van der Waals surface area contributed by atoms with Gasteiger partial charge < -0.3 is 16.8 Å². The lowest BCUT2D eigenvalue weighted by atomic mass is 9.93. The van der Waals surface area contributed by atoms with Crippen molar-refractivity contribution in [3.8, 4) is 0 Å². The summed E-state index contributed by atoms with van der Waals surface area (Å²) < 4.78 is 1.07. The molecule has 0 radical (unpaired) electrons. The third kappa shape index (κ3) is 6.69. The summed E-state index contributed by atoms with van der Waals surface area (Å²) in [4.78, 5) is 11.3. The summed E-state index contributed by atoms with van der Waals surface area (Å²) in [7, 11) is 0. The molecule has 2 aromatic rings. The third-order valence-corrected chi connectivity index (χ3v) is 4.03. The van der Waals surface area contributed by atoms with Gasteiger partial charge in [-0.2, -0.15) is 0 Å². The van der Waals surface area contributed by atoms with E-state index < -0.39 is 11.4 Å². The SMILES string of the molecule is CC(N)(Cc1ccc(NCc2ccc(Br)cc2)cc1)C(N)=O.Cl.Cl. The summed E-state index contributed by atoms with van der Waals surface area (Å²) in [5, 5.41) is 3.36. The molecule has 2 rings (SSSR count). The third-order valence-electron chi connectivity index (χ3n) is 3.50. The fourth-order valence-corrected chi connectivity index (χ4v) is 2.32. The largest absolute Gasteiger partial charge is 0.381 e. The van der Waals surface area contributed by atoms with E-state index in [0.717, 1.165) is 22.3 Å². The van der Waals surface area contributed by atoms with Gasteiger partial charge in [-0.1, -0.05) is 40.2 Å². The molecule has 0 aliphatic carbocycles. The van der Waals surface area contributed by atoms with Crippen molar-refractivity contribution < 1.29 is 4.79 Å². The van der Waals surface area contributed by atoms with Crippen LogP contribution < -0.4 is 16.8 Å². The van der Waals surface area contributed by atoms with Crippen molar-refractivity contribution >= 4 is 52.3 Å². The van der Waals surface area contributed by atoms with Gasteiger partial charge in [0.25, 0.3) is 0 Å². The number of benzene rings is 2. The van der Waals surface area contributed by atoms with Crippen molar-refractivity contribution in [1.82, 2.24) is 0 Å². The van der Waals surface area contributed by atoms with Gasteiger partial charge in [-0.25, -0.2) is 0 Å². The smallest absolute Gasteiger partial charge is 0.237 e. The van der Waals surface area contributed by atoms with Gasteiger partial charge in [0.15, 0.2) is 0 Å². The van der Waals surface area contributed by atoms with Crippen LogP contribution >= 0.6 is 40.7 Å². The molecule has 7 heteroatoms. The zero-order valence-corrected chi connectivity index (χ0v) is 16.5. The Kier molecular flexibility index (Phi) is 9.37. The molecule has 4 nitrogen and oxygen atoms in total. The van der Waals surface area contributed by atoms with Crippen molar-refractivity contribution in [3.05, 3.63) is 64.1 Å². The molecular weight excluding hydrogens is 413 g/mol. The maximum Gasteiger partial charge on any atom is 0.237 e. The molecule has 0 saturated heterocycles. The van der Waals surface area contributed by atoms with Gasteiger partial charge in [0, 0.05) is 16.7 Å². The molecule has 1 unspecified atom stereocenters. The van der Waals surface area contributed by atoms with Gasteiger partial charge in [-0.05, 0) is 48.7 Å². The zero-order valence-electron chi connectivity index (χ0n) is 13.3. The molecule has 1 amide bonds. The molecule has 24 heavy (non-hydrogen) atoms. The molecule has 0 heterocycles. The molecule has 0 bridgehead atoms. The minimum atomic E-state index is -1.02.